The number of aliphatic imine (C=N–C) groups is 1. The van der Waals surface area contributed by atoms with E-state index in [1.807, 2.05) is 0 Å². The Hall–Kier alpha value is -5.15. The lowest BCUT2D eigenvalue weighted by molar-refractivity contribution is -0.119. The summed E-state index contributed by atoms with van der Waals surface area (Å²) in [4.78, 5) is 31.2. The van der Waals surface area contributed by atoms with Crippen molar-refractivity contribution in [3.8, 4) is 17.2 Å². The van der Waals surface area contributed by atoms with Gasteiger partial charge < -0.3 is 24.3 Å². The highest BCUT2D eigenvalue weighted by atomic mass is 35.5. The first-order valence-corrected chi connectivity index (χ1v) is 13.8. The number of halogens is 2. The Bertz CT molecular complexity index is 1740. The van der Waals surface area contributed by atoms with Crippen LogP contribution in [-0.4, -0.2) is 39.4 Å². The molecule has 0 bridgehead atoms. The summed E-state index contributed by atoms with van der Waals surface area (Å²) in [6, 6.07) is 22.6. The highest BCUT2D eigenvalue weighted by Gasteiger charge is 2.39. The third-order valence-corrected chi connectivity index (χ3v) is 7.37. The van der Waals surface area contributed by atoms with E-state index < -0.39 is 29.3 Å². The second kappa shape index (κ2) is 13.0. The van der Waals surface area contributed by atoms with Crippen LogP contribution in [0.15, 0.2) is 102 Å². The summed E-state index contributed by atoms with van der Waals surface area (Å²) in [5, 5.41) is 3.36. The van der Waals surface area contributed by atoms with Crippen molar-refractivity contribution in [2.75, 3.05) is 26.6 Å². The van der Waals surface area contributed by atoms with Crippen LogP contribution in [0.4, 0.5) is 10.1 Å². The van der Waals surface area contributed by atoms with Gasteiger partial charge in [-0.1, -0.05) is 48.0 Å². The van der Waals surface area contributed by atoms with Crippen LogP contribution < -0.4 is 19.5 Å². The van der Waals surface area contributed by atoms with Crippen LogP contribution in [0.3, 0.4) is 0 Å². The number of nitrogens with one attached hydrogen (secondary N) is 1. The quantitative estimate of drug-likeness (QED) is 0.195. The zero-order valence-electron chi connectivity index (χ0n) is 24.0. The SMILES string of the molecule is COC(=O)c1cc(NC(=O)C2(c3ccc(OC)c(OC)c3)C=CC=N2)ccc1OC(c1ccc(Cl)cc1)c1ccccc1F. The van der Waals surface area contributed by atoms with Gasteiger partial charge in [0.25, 0.3) is 5.91 Å². The molecule has 0 saturated carbocycles. The number of allylic oxidation sites excluding steroid dienone is 1. The molecule has 0 radical (unpaired) electrons. The van der Waals surface area contributed by atoms with Crippen molar-refractivity contribution in [1.82, 2.24) is 0 Å². The fourth-order valence-electron chi connectivity index (χ4n) is 4.87. The second-order valence-electron chi connectivity index (χ2n) is 9.70. The third-order valence-electron chi connectivity index (χ3n) is 7.12. The molecule has 0 spiro atoms. The largest absolute Gasteiger partial charge is 0.493 e. The molecule has 1 N–H and O–H groups in total. The van der Waals surface area contributed by atoms with Crippen molar-refractivity contribution >= 4 is 35.4 Å². The molecule has 8 nitrogen and oxygen atoms in total. The van der Waals surface area contributed by atoms with E-state index >= 15 is 0 Å². The monoisotopic (exact) mass is 614 g/mol. The predicted molar refractivity (Wildman–Crippen MR) is 166 cm³/mol. The molecule has 1 aliphatic heterocycles. The van der Waals surface area contributed by atoms with Crippen LogP contribution in [0.1, 0.15) is 33.2 Å². The average Bonchev–Trinajstić information content (AvgIpc) is 3.56. The van der Waals surface area contributed by atoms with E-state index in [1.165, 1.54) is 45.7 Å². The fourth-order valence-corrected chi connectivity index (χ4v) is 4.99. The topological polar surface area (TPSA) is 95.5 Å². The maximum atomic E-state index is 15.0. The normalized spacial score (nSPS) is 15.8. The molecule has 224 valence electrons. The Morgan fingerprint density at radius 3 is 2.27 bits per heavy atom. The van der Waals surface area contributed by atoms with Gasteiger partial charge in [-0.2, -0.15) is 0 Å². The van der Waals surface area contributed by atoms with Crippen LogP contribution in [0.2, 0.25) is 5.02 Å². The molecule has 4 aromatic carbocycles. The number of rotatable bonds is 10. The number of ether oxygens (including phenoxy) is 4. The minimum atomic E-state index is -1.40. The summed E-state index contributed by atoms with van der Waals surface area (Å²) in [5.74, 6) is -0.624. The van der Waals surface area contributed by atoms with Gasteiger partial charge in [0.2, 0.25) is 0 Å². The summed E-state index contributed by atoms with van der Waals surface area (Å²) in [6.45, 7) is 0. The number of carbonyl (C=O) groups is 2. The lowest BCUT2D eigenvalue weighted by Gasteiger charge is -2.25. The third kappa shape index (κ3) is 6.00. The zero-order valence-corrected chi connectivity index (χ0v) is 24.8. The van der Waals surface area contributed by atoms with Crippen molar-refractivity contribution in [2.24, 2.45) is 4.99 Å². The standard InChI is InChI=1S/C34H28ClFN2O6/c1-41-29-15-11-22(19-30(29)42-2)34(17-6-18-37-34)33(40)38-24-14-16-28(26(20-24)32(39)43-3)44-31(21-9-12-23(35)13-10-21)25-7-4-5-8-27(25)36/h4-20,31H,1-3H3,(H,38,40). The molecule has 2 unspecified atom stereocenters. The number of nitrogens with zero attached hydrogens (tertiary/aromatic N) is 1. The number of carbonyl (C=O) groups excluding carboxylic acids is 2. The van der Waals surface area contributed by atoms with Gasteiger partial charge in [0, 0.05) is 22.5 Å². The van der Waals surface area contributed by atoms with Crippen molar-refractivity contribution in [2.45, 2.75) is 11.6 Å². The maximum absolute atomic E-state index is 15.0. The Labute approximate surface area is 258 Å². The van der Waals surface area contributed by atoms with Crippen LogP contribution >= 0.6 is 11.6 Å². The lowest BCUT2D eigenvalue weighted by atomic mass is 9.89. The minimum Gasteiger partial charge on any atom is -0.493 e. The van der Waals surface area contributed by atoms with Gasteiger partial charge in [-0.05, 0) is 71.8 Å². The average molecular weight is 615 g/mol. The van der Waals surface area contributed by atoms with E-state index in [9.17, 15) is 14.0 Å². The molecule has 0 fully saturated rings. The Morgan fingerprint density at radius 2 is 1.61 bits per heavy atom. The molecule has 1 heterocycles. The van der Waals surface area contributed by atoms with Gasteiger partial charge in [0.15, 0.2) is 23.1 Å². The van der Waals surface area contributed by atoms with E-state index in [0.717, 1.165) is 0 Å². The molecule has 4 aromatic rings. The molecule has 44 heavy (non-hydrogen) atoms. The highest BCUT2D eigenvalue weighted by Crippen LogP contribution is 2.38. The van der Waals surface area contributed by atoms with E-state index in [0.29, 0.717) is 27.6 Å². The van der Waals surface area contributed by atoms with Gasteiger partial charge in [-0.15, -0.1) is 0 Å². The van der Waals surface area contributed by atoms with Crippen molar-refractivity contribution in [3.63, 3.8) is 0 Å². The number of benzene rings is 4. The number of esters is 1. The van der Waals surface area contributed by atoms with E-state index in [-0.39, 0.29) is 22.6 Å². The van der Waals surface area contributed by atoms with Gasteiger partial charge in [0.1, 0.15) is 17.1 Å². The van der Waals surface area contributed by atoms with Gasteiger partial charge in [-0.3, -0.25) is 9.79 Å². The number of anilines is 1. The minimum absolute atomic E-state index is 0.0197. The first-order valence-electron chi connectivity index (χ1n) is 13.5. The van der Waals surface area contributed by atoms with E-state index in [2.05, 4.69) is 10.3 Å². The van der Waals surface area contributed by atoms with Crippen molar-refractivity contribution in [3.05, 3.63) is 130 Å². The fraction of sp³-hybridized carbons (Fsp3) is 0.147. The van der Waals surface area contributed by atoms with E-state index in [4.69, 9.17) is 30.5 Å². The van der Waals surface area contributed by atoms with E-state index in [1.54, 1.807) is 78.9 Å². The summed E-state index contributed by atoms with van der Waals surface area (Å²) in [6.07, 6.45) is 3.94. The molecular weight excluding hydrogens is 587 g/mol. The zero-order chi connectivity index (χ0) is 31.3. The number of amides is 1. The maximum Gasteiger partial charge on any atom is 0.341 e. The molecule has 5 rings (SSSR count). The molecule has 1 aliphatic rings. The smallest absolute Gasteiger partial charge is 0.341 e. The highest BCUT2D eigenvalue weighted by molar-refractivity contribution is 6.30. The first-order chi connectivity index (χ1) is 21.3. The molecule has 1 amide bonds. The van der Waals surface area contributed by atoms with Crippen molar-refractivity contribution < 1.29 is 32.9 Å². The first kappa shape index (κ1) is 30.3. The Balaban J connectivity index is 1.50. The van der Waals surface area contributed by atoms with Gasteiger partial charge in [-0.25, -0.2) is 9.18 Å². The number of methoxy groups -OCH3 is 3. The Morgan fingerprint density at radius 1 is 0.886 bits per heavy atom. The lowest BCUT2D eigenvalue weighted by Crippen LogP contribution is -2.36. The molecule has 0 aliphatic carbocycles. The summed E-state index contributed by atoms with van der Waals surface area (Å²) in [7, 11) is 4.26. The molecule has 2 atom stereocenters. The van der Waals surface area contributed by atoms with Crippen LogP contribution in [0, 0.1) is 5.82 Å². The second-order valence-corrected chi connectivity index (χ2v) is 10.1. The molecular formula is C34H28ClFN2O6. The summed E-state index contributed by atoms with van der Waals surface area (Å²) < 4.78 is 37.1. The summed E-state index contributed by atoms with van der Waals surface area (Å²) in [5.41, 5.74) is 0.311. The van der Waals surface area contributed by atoms with Crippen LogP contribution in [0.5, 0.6) is 17.2 Å². The molecule has 0 aromatic heterocycles. The Kier molecular flexibility index (Phi) is 8.96. The number of hydrogen-bond acceptors (Lipinski definition) is 7. The van der Waals surface area contributed by atoms with Gasteiger partial charge >= 0.3 is 5.97 Å². The summed E-state index contributed by atoms with van der Waals surface area (Å²) >= 11 is 6.09. The van der Waals surface area contributed by atoms with Crippen LogP contribution in [0.25, 0.3) is 0 Å². The molecule has 10 heteroatoms. The van der Waals surface area contributed by atoms with Crippen molar-refractivity contribution in [1.29, 1.82) is 0 Å². The predicted octanol–water partition coefficient (Wildman–Crippen LogP) is 6.93. The van der Waals surface area contributed by atoms with Gasteiger partial charge in [0.05, 0.1) is 21.3 Å². The number of hydrogen-bond donors (Lipinski definition) is 1. The molecule has 0 saturated heterocycles. The van der Waals surface area contributed by atoms with Crippen LogP contribution in [-0.2, 0) is 15.1 Å².